The van der Waals surface area contributed by atoms with Gasteiger partial charge in [0.1, 0.15) is 0 Å². The molecule has 108 valence electrons. The number of nitrogens with zero attached hydrogens (tertiary/aromatic N) is 1. The maximum absolute atomic E-state index is 11.9. The van der Waals surface area contributed by atoms with Crippen molar-refractivity contribution < 1.29 is 4.79 Å². The number of carbonyl (C=O) groups is 1. The fraction of sp³-hybridized carbons (Fsp3) is 0.222. The van der Waals surface area contributed by atoms with Crippen LogP contribution in [0.2, 0.25) is 0 Å². The average molecular weight is 280 g/mol. The summed E-state index contributed by atoms with van der Waals surface area (Å²) in [6.45, 7) is 8.23. The molecule has 0 saturated heterocycles. The van der Waals surface area contributed by atoms with Gasteiger partial charge in [-0.3, -0.25) is 4.79 Å². The summed E-state index contributed by atoms with van der Waals surface area (Å²) in [6, 6.07) is 11.5. The molecule has 3 nitrogen and oxygen atoms in total. The van der Waals surface area contributed by atoms with Crippen molar-refractivity contribution in [3.63, 3.8) is 0 Å². The van der Waals surface area contributed by atoms with Gasteiger partial charge in [0.25, 0.3) is 5.91 Å². The number of aryl methyl sites for hydroxylation is 2. The number of benzene rings is 2. The third-order valence-electron chi connectivity index (χ3n) is 3.78. The van der Waals surface area contributed by atoms with Crippen molar-refractivity contribution in [3.05, 3.63) is 69.8 Å². The minimum atomic E-state index is -0.201. The molecule has 1 N–H and O–H groups in total. The summed E-state index contributed by atoms with van der Waals surface area (Å²) in [5, 5.41) is 4.05. The molecule has 0 heterocycles. The number of hydrogen-bond donors (Lipinski definition) is 1. The van der Waals surface area contributed by atoms with Gasteiger partial charge >= 0.3 is 0 Å². The topological polar surface area (TPSA) is 41.5 Å². The van der Waals surface area contributed by atoms with Gasteiger partial charge in [-0.1, -0.05) is 29.8 Å². The van der Waals surface area contributed by atoms with Gasteiger partial charge in [0.2, 0.25) is 0 Å². The molecule has 0 bridgehead atoms. The molecule has 0 radical (unpaired) electrons. The van der Waals surface area contributed by atoms with Gasteiger partial charge < -0.3 is 0 Å². The molecule has 21 heavy (non-hydrogen) atoms. The van der Waals surface area contributed by atoms with E-state index in [0.717, 1.165) is 11.1 Å². The minimum Gasteiger partial charge on any atom is -0.267 e. The number of rotatable bonds is 3. The molecule has 1 amide bonds. The molecule has 3 heteroatoms. The molecule has 0 unspecified atom stereocenters. The Morgan fingerprint density at radius 1 is 0.952 bits per heavy atom. The molecule has 2 aromatic carbocycles. The quantitative estimate of drug-likeness (QED) is 0.676. The highest BCUT2D eigenvalue weighted by Crippen LogP contribution is 2.15. The summed E-state index contributed by atoms with van der Waals surface area (Å²) in [4.78, 5) is 11.9. The monoisotopic (exact) mass is 280 g/mol. The van der Waals surface area contributed by atoms with Crippen LogP contribution in [0.3, 0.4) is 0 Å². The van der Waals surface area contributed by atoms with Crippen molar-refractivity contribution in [3.8, 4) is 0 Å². The summed E-state index contributed by atoms with van der Waals surface area (Å²) in [5.74, 6) is -0.201. The van der Waals surface area contributed by atoms with Crippen LogP contribution in [0.25, 0.3) is 0 Å². The molecular formula is C18H20N2O. The Kier molecular flexibility index (Phi) is 4.53. The average Bonchev–Trinajstić information content (AvgIpc) is 2.48. The van der Waals surface area contributed by atoms with E-state index in [1.165, 1.54) is 16.7 Å². The van der Waals surface area contributed by atoms with E-state index in [1.54, 1.807) is 18.3 Å². The van der Waals surface area contributed by atoms with Crippen LogP contribution >= 0.6 is 0 Å². The lowest BCUT2D eigenvalue weighted by Crippen LogP contribution is -2.17. The van der Waals surface area contributed by atoms with Crippen molar-refractivity contribution in [2.75, 3.05) is 0 Å². The Labute approximate surface area is 125 Å². The molecule has 0 aliphatic carbocycles. The van der Waals surface area contributed by atoms with Crippen molar-refractivity contribution in [2.45, 2.75) is 27.7 Å². The largest absolute Gasteiger partial charge is 0.271 e. The number of hydrazone groups is 1. The lowest BCUT2D eigenvalue weighted by Gasteiger charge is -2.07. The zero-order chi connectivity index (χ0) is 15.4. The molecule has 0 atom stereocenters. The highest BCUT2D eigenvalue weighted by molar-refractivity contribution is 5.95. The van der Waals surface area contributed by atoms with Crippen LogP contribution in [0.1, 0.15) is 38.2 Å². The van der Waals surface area contributed by atoms with Crippen molar-refractivity contribution in [1.29, 1.82) is 0 Å². The van der Waals surface area contributed by atoms with E-state index in [2.05, 4.69) is 37.4 Å². The molecule has 0 saturated carbocycles. The van der Waals surface area contributed by atoms with Crippen LogP contribution in [-0.2, 0) is 0 Å². The molecule has 0 aliphatic heterocycles. The van der Waals surface area contributed by atoms with E-state index >= 15 is 0 Å². The van der Waals surface area contributed by atoms with E-state index in [4.69, 9.17) is 0 Å². The van der Waals surface area contributed by atoms with Gasteiger partial charge in [-0.05, 0) is 62.1 Å². The molecule has 2 aromatic rings. The second-order valence-corrected chi connectivity index (χ2v) is 5.29. The van der Waals surface area contributed by atoms with Gasteiger partial charge in [0.05, 0.1) is 6.21 Å². The van der Waals surface area contributed by atoms with Crippen LogP contribution < -0.4 is 5.43 Å². The third-order valence-corrected chi connectivity index (χ3v) is 3.78. The Bertz CT molecular complexity index is 685. The standard InChI is InChI=1S/C18H20N2O/c1-12-5-8-16(9-6-12)18(21)20-19-11-17-10-7-13(2)14(3)15(17)4/h5-11H,1-4H3,(H,20,21)/b19-11-. The molecule has 0 aliphatic rings. The fourth-order valence-corrected chi connectivity index (χ4v) is 2.05. The first-order valence-electron chi connectivity index (χ1n) is 6.96. The zero-order valence-corrected chi connectivity index (χ0v) is 12.9. The van der Waals surface area contributed by atoms with Crippen molar-refractivity contribution >= 4 is 12.1 Å². The van der Waals surface area contributed by atoms with Crippen LogP contribution in [-0.4, -0.2) is 12.1 Å². The number of nitrogens with one attached hydrogen (secondary N) is 1. The molecule has 0 spiro atoms. The predicted molar refractivity (Wildman–Crippen MR) is 86.9 cm³/mol. The highest BCUT2D eigenvalue weighted by atomic mass is 16.2. The Morgan fingerprint density at radius 3 is 2.29 bits per heavy atom. The summed E-state index contributed by atoms with van der Waals surface area (Å²) < 4.78 is 0. The van der Waals surface area contributed by atoms with Crippen molar-refractivity contribution in [2.24, 2.45) is 5.10 Å². The van der Waals surface area contributed by atoms with Crippen molar-refractivity contribution in [1.82, 2.24) is 5.43 Å². The van der Waals surface area contributed by atoms with Crippen LogP contribution in [0.15, 0.2) is 41.5 Å². The first kappa shape index (κ1) is 15.0. The maximum Gasteiger partial charge on any atom is 0.271 e. The lowest BCUT2D eigenvalue weighted by molar-refractivity contribution is 0.0955. The molecule has 0 fully saturated rings. The predicted octanol–water partition coefficient (Wildman–Crippen LogP) is 3.68. The van der Waals surface area contributed by atoms with E-state index in [1.807, 2.05) is 25.1 Å². The Morgan fingerprint density at radius 2 is 1.62 bits per heavy atom. The van der Waals surface area contributed by atoms with Gasteiger partial charge in [-0.15, -0.1) is 0 Å². The third kappa shape index (κ3) is 3.57. The number of carbonyl (C=O) groups excluding carboxylic acids is 1. The highest BCUT2D eigenvalue weighted by Gasteiger charge is 2.04. The second-order valence-electron chi connectivity index (χ2n) is 5.29. The molecule has 2 rings (SSSR count). The first-order valence-corrected chi connectivity index (χ1v) is 6.96. The SMILES string of the molecule is Cc1ccc(C(=O)N/N=C\c2ccc(C)c(C)c2C)cc1. The normalized spacial score (nSPS) is 10.9. The van der Waals surface area contributed by atoms with E-state index in [9.17, 15) is 4.79 Å². The summed E-state index contributed by atoms with van der Waals surface area (Å²) in [6.07, 6.45) is 1.69. The molecular weight excluding hydrogens is 260 g/mol. The fourth-order valence-electron chi connectivity index (χ4n) is 2.05. The van der Waals surface area contributed by atoms with Gasteiger partial charge in [-0.2, -0.15) is 5.10 Å². The summed E-state index contributed by atoms with van der Waals surface area (Å²) in [5.41, 5.74) is 9.00. The summed E-state index contributed by atoms with van der Waals surface area (Å²) >= 11 is 0. The van der Waals surface area contributed by atoms with E-state index < -0.39 is 0 Å². The van der Waals surface area contributed by atoms with Crippen LogP contribution in [0, 0.1) is 27.7 Å². The minimum absolute atomic E-state index is 0.201. The lowest BCUT2D eigenvalue weighted by atomic mass is 10.00. The maximum atomic E-state index is 11.9. The number of amides is 1. The molecule has 0 aromatic heterocycles. The van der Waals surface area contributed by atoms with Crippen LogP contribution in [0.4, 0.5) is 0 Å². The van der Waals surface area contributed by atoms with E-state index in [0.29, 0.717) is 5.56 Å². The Hall–Kier alpha value is -2.42. The first-order chi connectivity index (χ1) is 9.99. The smallest absolute Gasteiger partial charge is 0.267 e. The second kappa shape index (κ2) is 6.35. The summed E-state index contributed by atoms with van der Waals surface area (Å²) in [7, 11) is 0. The Balaban J connectivity index is 2.07. The van der Waals surface area contributed by atoms with Gasteiger partial charge in [0.15, 0.2) is 0 Å². The number of hydrogen-bond acceptors (Lipinski definition) is 2. The zero-order valence-electron chi connectivity index (χ0n) is 12.9. The van der Waals surface area contributed by atoms with Gasteiger partial charge in [-0.25, -0.2) is 5.43 Å². The van der Waals surface area contributed by atoms with E-state index in [-0.39, 0.29) is 5.91 Å². The van der Waals surface area contributed by atoms with Crippen LogP contribution in [0.5, 0.6) is 0 Å². The van der Waals surface area contributed by atoms with Gasteiger partial charge in [0, 0.05) is 5.56 Å².